The van der Waals surface area contributed by atoms with Crippen LogP contribution in [0.5, 0.6) is 0 Å². The maximum Gasteiger partial charge on any atom is 0.137 e. The Labute approximate surface area is 217 Å². The first-order chi connectivity index (χ1) is 17.7. The van der Waals surface area contributed by atoms with Gasteiger partial charge in [-0.1, -0.05) is 29.8 Å². The summed E-state index contributed by atoms with van der Waals surface area (Å²) >= 11 is 5.99. The fourth-order valence-corrected chi connectivity index (χ4v) is 4.68. The van der Waals surface area contributed by atoms with Gasteiger partial charge >= 0.3 is 0 Å². The number of aliphatic hydroxyl groups is 1. The molecule has 2 N–H and O–H groups in total. The molecule has 2 atom stereocenters. The summed E-state index contributed by atoms with van der Waals surface area (Å²) in [5.74, 6) is -1.58. The van der Waals surface area contributed by atoms with Crippen molar-refractivity contribution in [3.8, 4) is 0 Å². The Balaban J connectivity index is 1.54. The maximum atomic E-state index is 15.0. The number of anilines is 1. The highest BCUT2D eigenvalue weighted by atomic mass is 35.5. The fraction of sp³-hybridized carbons (Fsp3) is 0.222. The first-order valence-corrected chi connectivity index (χ1v) is 12.1. The van der Waals surface area contributed by atoms with Crippen LogP contribution in [0.4, 0.5) is 14.5 Å². The zero-order valence-corrected chi connectivity index (χ0v) is 21.0. The van der Waals surface area contributed by atoms with Crippen molar-refractivity contribution >= 4 is 28.2 Å². The lowest BCUT2D eigenvalue weighted by atomic mass is 9.86. The standard InChI is InChI=1S/C27H25ClF2N6O/c1-17-23-9-8-22(32-13-19-3-5-20(28)6-4-19)12-26(23)36(34-17)18(2)27(37,14-35-16-31-15-33-35)24-10-7-21(29)11-25(24)30/h3-12,15-16,18,32,37H,13-14H2,1-2H3/t18-,27-/m1/s1. The van der Waals surface area contributed by atoms with Gasteiger partial charge in [-0.05, 0) is 55.8 Å². The lowest BCUT2D eigenvalue weighted by Crippen LogP contribution is -2.41. The zero-order valence-electron chi connectivity index (χ0n) is 20.2. The number of hydrogen-bond acceptors (Lipinski definition) is 5. The topological polar surface area (TPSA) is 80.8 Å². The van der Waals surface area contributed by atoms with Crippen LogP contribution < -0.4 is 5.32 Å². The lowest BCUT2D eigenvalue weighted by Gasteiger charge is -2.35. The second-order valence-electron chi connectivity index (χ2n) is 9.06. The van der Waals surface area contributed by atoms with Crippen LogP contribution in [0, 0.1) is 18.6 Å². The molecule has 10 heteroatoms. The highest BCUT2D eigenvalue weighted by Crippen LogP contribution is 2.38. The summed E-state index contributed by atoms with van der Waals surface area (Å²) < 4.78 is 31.8. The van der Waals surface area contributed by atoms with Gasteiger partial charge in [0.05, 0.1) is 23.8 Å². The molecule has 0 spiro atoms. The van der Waals surface area contributed by atoms with Crippen LogP contribution in [0.15, 0.2) is 73.3 Å². The molecular weight excluding hydrogens is 498 g/mol. The number of benzene rings is 3. The molecule has 0 aliphatic heterocycles. The lowest BCUT2D eigenvalue weighted by molar-refractivity contribution is -0.0355. The van der Waals surface area contributed by atoms with Gasteiger partial charge in [0.2, 0.25) is 0 Å². The molecule has 0 saturated heterocycles. The van der Waals surface area contributed by atoms with Crippen molar-refractivity contribution in [3.05, 3.63) is 107 Å². The summed E-state index contributed by atoms with van der Waals surface area (Å²) in [6.07, 6.45) is 2.77. The third-order valence-electron chi connectivity index (χ3n) is 6.63. The molecule has 7 nitrogen and oxygen atoms in total. The van der Waals surface area contributed by atoms with Crippen molar-refractivity contribution < 1.29 is 13.9 Å². The maximum absolute atomic E-state index is 15.0. The van der Waals surface area contributed by atoms with Gasteiger partial charge in [-0.3, -0.25) is 4.68 Å². The highest BCUT2D eigenvalue weighted by Gasteiger charge is 2.41. The smallest absolute Gasteiger partial charge is 0.137 e. The van der Waals surface area contributed by atoms with E-state index in [2.05, 4.69) is 15.4 Å². The predicted octanol–water partition coefficient (Wildman–Crippen LogP) is 5.63. The van der Waals surface area contributed by atoms with Crippen LogP contribution in [-0.4, -0.2) is 29.7 Å². The molecule has 37 heavy (non-hydrogen) atoms. The molecule has 0 saturated carbocycles. The third kappa shape index (κ3) is 4.92. The van der Waals surface area contributed by atoms with E-state index in [1.165, 1.54) is 23.4 Å². The first-order valence-electron chi connectivity index (χ1n) is 11.7. The Bertz CT molecular complexity index is 1540. The summed E-state index contributed by atoms with van der Waals surface area (Å²) in [5, 5.41) is 25.8. The largest absolute Gasteiger partial charge is 0.381 e. The minimum Gasteiger partial charge on any atom is -0.381 e. The van der Waals surface area contributed by atoms with Crippen LogP contribution in [0.2, 0.25) is 5.02 Å². The van der Waals surface area contributed by atoms with Crippen LogP contribution in [0.25, 0.3) is 10.9 Å². The van der Waals surface area contributed by atoms with E-state index in [-0.39, 0.29) is 12.1 Å². The van der Waals surface area contributed by atoms with E-state index in [9.17, 15) is 9.50 Å². The van der Waals surface area contributed by atoms with Crippen molar-refractivity contribution in [1.29, 1.82) is 0 Å². The molecule has 2 heterocycles. The summed E-state index contributed by atoms with van der Waals surface area (Å²) in [4.78, 5) is 3.93. The Hall–Kier alpha value is -3.82. The Morgan fingerprint density at radius 2 is 1.86 bits per heavy atom. The molecule has 0 radical (unpaired) electrons. The molecule has 190 valence electrons. The average molecular weight is 523 g/mol. The summed E-state index contributed by atoms with van der Waals surface area (Å²) in [7, 11) is 0. The van der Waals surface area contributed by atoms with E-state index in [4.69, 9.17) is 16.7 Å². The third-order valence-corrected chi connectivity index (χ3v) is 6.88. The molecule has 2 aromatic heterocycles. The normalized spacial score (nSPS) is 14.0. The van der Waals surface area contributed by atoms with Gasteiger partial charge in [0.25, 0.3) is 0 Å². The molecule has 5 aromatic rings. The molecule has 0 unspecified atom stereocenters. The van der Waals surface area contributed by atoms with Gasteiger partial charge in [0.15, 0.2) is 0 Å². The summed E-state index contributed by atoms with van der Waals surface area (Å²) in [6.45, 7) is 4.09. The van der Waals surface area contributed by atoms with Gasteiger partial charge in [-0.25, -0.2) is 18.4 Å². The Morgan fingerprint density at radius 3 is 2.57 bits per heavy atom. The summed E-state index contributed by atoms with van der Waals surface area (Å²) in [5.41, 5.74) is 1.54. The second-order valence-corrected chi connectivity index (χ2v) is 9.50. The number of aryl methyl sites for hydroxylation is 1. The minimum atomic E-state index is -1.83. The van der Waals surface area contributed by atoms with Gasteiger partial charge in [-0.2, -0.15) is 10.2 Å². The van der Waals surface area contributed by atoms with Crippen LogP contribution in [0.3, 0.4) is 0 Å². The van der Waals surface area contributed by atoms with Gasteiger partial charge in [-0.15, -0.1) is 0 Å². The highest BCUT2D eigenvalue weighted by molar-refractivity contribution is 6.30. The molecule has 0 fully saturated rings. The van der Waals surface area contributed by atoms with E-state index in [0.717, 1.165) is 40.0 Å². The Morgan fingerprint density at radius 1 is 1.08 bits per heavy atom. The quantitative estimate of drug-likeness (QED) is 0.276. The van der Waals surface area contributed by atoms with Crippen molar-refractivity contribution in [2.24, 2.45) is 0 Å². The van der Waals surface area contributed by atoms with Gasteiger partial charge < -0.3 is 10.4 Å². The molecule has 0 aliphatic carbocycles. The predicted molar refractivity (Wildman–Crippen MR) is 138 cm³/mol. The first kappa shape index (κ1) is 24.9. The van der Waals surface area contributed by atoms with Gasteiger partial charge in [0.1, 0.15) is 29.9 Å². The van der Waals surface area contributed by atoms with E-state index >= 15 is 4.39 Å². The second kappa shape index (κ2) is 9.91. The van der Waals surface area contributed by atoms with Crippen LogP contribution >= 0.6 is 11.6 Å². The molecule has 3 aromatic carbocycles. The van der Waals surface area contributed by atoms with Crippen molar-refractivity contribution in [1.82, 2.24) is 24.5 Å². The number of nitrogens with one attached hydrogen (secondary N) is 1. The number of rotatable bonds is 8. The minimum absolute atomic E-state index is 0.0600. The van der Waals surface area contributed by atoms with Gasteiger partial charge in [0, 0.05) is 34.3 Å². The number of hydrogen-bond donors (Lipinski definition) is 2. The molecule has 0 bridgehead atoms. The number of fused-ring (bicyclic) bond motifs is 1. The van der Waals surface area contributed by atoms with E-state index in [1.807, 2.05) is 49.4 Å². The van der Waals surface area contributed by atoms with Crippen molar-refractivity contribution in [3.63, 3.8) is 0 Å². The average Bonchev–Trinajstić information content (AvgIpc) is 3.50. The number of nitrogens with zero attached hydrogens (tertiary/aromatic N) is 5. The number of aromatic nitrogens is 5. The number of halogens is 3. The van der Waals surface area contributed by atoms with E-state index < -0.39 is 23.3 Å². The fourth-order valence-electron chi connectivity index (χ4n) is 4.55. The molecule has 0 amide bonds. The van der Waals surface area contributed by atoms with Crippen molar-refractivity contribution in [2.45, 2.75) is 38.6 Å². The molecular formula is C27H25ClF2N6O. The molecule has 0 aliphatic rings. The van der Waals surface area contributed by atoms with Crippen LogP contribution in [-0.2, 0) is 18.7 Å². The SMILES string of the molecule is Cc1nn([C@H](C)[C@](O)(Cn2cncn2)c2ccc(F)cc2F)c2cc(NCc3ccc(Cl)cc3)ccc12. The van der Waals surface area contributed by atoms with Crippen LogP contribution in [0.1, 0.15) is 29.8 Å². The Kier molecular flexibility index (Phi) is 6.66. The van der Waals surface area contributed by atoms with E-state index in [0.29, 0.717) is 11.6 Å². The van der Waals surface area contributed by atoms with E-state index in [1.54, 1.807) is 11.6 Å². The summed E-state index contributed by atoms with van der Waals surface area (Å²) in [6, 6.07) is 15.8. The zero-order chi connectivity index (χ0) is 26.2. The van der Waals surface area contributed by atoms with Crippen molar-refractivity contribution in [2.75, 3.05) is 5.32 Å². The molecule has 5 rings (SSSR count). The monoisotopic (exact) mass is 522 g/mol.